The molecule has 0 amide bonds. The van der Waals surface area contributed by atoms with E-state index in [9.17, 15) is 18.1 Å². The van der Waals surface area contributed by atoms with Crippen molar-refractivity contribution in [3.63, 3.8) is 0 Å². The summed E-state index contributed by atoms with van der Waals surface area (Å²) in [6.45, 7) is 2.80. The summed E-state index contributed by atoms with van der Waals surface area (Å²) < 4.78 is 48.0. The summed E-state index contributed by atoms with van der Waals surface area (Å²) in [4.78, 5) is 3.87. The summed E-state index contributed by atoms with van der Waals surface area (Å²) >= 11 is 0. The number of ether oxygens (including phenoxy) is 2. The number of nitrogens with two attached hydrogens (primary N) is 1. The fraction of sp³-hybridized carbons (Fsp3) is 0.414. The second kappa shape index (κ2) is 17.3. The van der Waals surface area contributed by atoms with Gasteiger partial charge < -0.3 is 30.2 Å². The molecule has 0 saturated heterocycles. The number of aromatic hydroxyl groups is 1. The molecule has 0 fully saturated rings. The Bertz CT molecular complexity index is 1300. The topological polar surface area (TPSA) is 146 Å². The average molecular weight is 578 g/mol. The molecule has 210 valence electrons. The van der Waals surface area contributed by atoms with E-state index in [0.717, 1.165) is 36.0 Å². The number of fused-ring (bicyclic) bond motifs is 1. The van der Waals surface area contributed by atoms with Crippen LogP contribution in [0.15, 0.2) is 59.6 Å². The van der Waals surface area contributed by atoms with E-state index in [1.807, 2.05) is 18.2 Å². The third-order valence-electron chi connectivity index (χ3n) is 6.28. The fourth-order valence-electron chi connectivity index (χ4n) is 4.08. The molecule has 2 unspecified atom stereocenters. The molecular formula is C29H36N3NaO6S. The van der Waals surface area contributed by atoms with Gasteiger partial charge in [0, 0.05) is 24.6 Å². The van der Waals surface area contributed by atoms with Gasteiger partial charge in [-0.1, -0.05) is 62.1 Å². The number of phenolic OH excluding ortho intramolecular Hbond substituents is 1. The predicted octanol–water partition coefficient (Wildman–Crippen LogP) is 0.895. The Balaban J connectivity index is 0.00000560. The summed E-state index contributed by atoms with van der Waals surface area (Å²) in [5.41, 5.74) is 8.21. The zero-order valence-electron chi connectivity index (χ0n) is 23.1. The first-order valence-corrected chi connectivity index (χ1v) is 14.5. The number of guanidine groups is 1. The molecule has 0 saturated carbocycles. The van der Waals surface area contributed by atoms with Crippen LogP contribution in [0.4, 0.5) is 0 Å². The third-order valence-corrected chi connectivity index (χ3v) is 7.52. The minimum atomic E-state index is -4.53. The maximum absolute atomic E-state index is 12.1. The number of nitrogens with one attached hydrogen (secondary N) is 1. The van der Waals surface area contributed by atoms with Crippen LogP contribution in [-0.4, -0.2) is 42.6 Å². The first-order chi connectivity index (χ1) is 18.8. The summed E-state index contributed by atoms with van der Waals surface area (Å²) in [7, 11) is -4.53. The van der Waals surface area contributed by atoms with Crippen LogP contribution < -0.4 is 45.3 Å². The van der Waals surface area contributed by atoms with Gasteiger partial charge in [-0.2, -0.15) is 4.99 Å². The van der Waals surface area contributed by atoms with Crippen LogP contribution in [-0.2, 0) is 27.7 Å². The predicted molar refractivity (Wildman–Crippen MR) is 150 cm³/mol. The standard InChI is InChI=1S/C29H37N3O6S.Na/c1-2-3-4-19-37-27(23-12-14-25(33)15-13-23)9-5-8-26(39(34,35)36)16-10-22-11-17-28-24(20-22)7-6-18-31-29(30)32-21-38-28;/h5,9,11-15,17,20,26-27,33H,2-4,7-8,10,16,19,21H2,1H3,(H3,30,31,32)(H,34,35,36);/q;+1/p-1. The Hall–Kier alpha value is -2.52. The number of hydrogen-bond donors (Lipinski definition) is 3. The Labute approximate surface area is 259 Å². The van der Waals surface area contributed by atoms with E-state index < -0.39 is 21.5 Å². The molecule has 1 heterocycles. The van der Waals surface area contributed by atoms with Crippen molar-refractivity contribution >= 4 is 16.1 Å². The molecule has 0 spiro atoms. The molecule has 1 aliphatic heterocycles. The van der Waals surface area contributed by atoms with Gasteiger partial charge in [0.1, 0.15) is 17.6 Å². The average Bonchev–Trinajstić information content (AvgIpc) is 2.90. The molecule has 11 heteroatoms. The fourth-order valence-corrected chi connectivity index (χ4v) is 4.83. The molecular weight excluding hydrogens is 541 g/mol. The van der Waals surface area contributed by atoms with E-state index in [0.29, 0.717) is 25.2 Å². The van der Waals surface area contributed by atoms with E-state index >= 15 is 0 Å². The molecule has 4 N–H and O–H groups in total. The molecule has 0 radical (unpaired) electrons. The second-order valence-electron chi connectivity index (χ2n) is 9.28. The molecule has 9 nitrogen and oxygen atoms in total. The Morgan fingerprint density at radius 1 is 1.25 bits per heavy atom. The van der Waals surface area contributed by atoms with Crippen LogP contribution >= 0.6 is 0 Å². The molecule has 0 aliphatic carbocycles. The van der Waals surface area contributed by atoms with Crippen LogP contribution in [0.3, 0.4) is 0 Å². The summed E-state index contributed by atoms with van der Waals surface area (Å²) in [5, 5.41) is 11.3. The quantitative estimate of drug-likeness (QED) is 0.105. The summed E-state index contributed by atoms with van der Waals surface area (Å²) in [5.74, 6) is 3.89. The van der Waals surface area contributed by atoms with Gasteiger partial charge in [-0.15, -0.1) is 0 Å². The van der Waals surface area contributed by atoms with Crippen LogP contribution in [0, 0.1) is 12.0 Å². The van der Waals surface area contributed by atoms with E-state index in [4.69, 9.17) is 15.2 Å². The van der Waals surface area contributed by atoms with Gasteiger partial charge >= 0.3 is 29.6 Å². The van der Waals surface area contributed by atoms with Gasteiger partial charge in [0.25, 0.3) is 0 Å². The number of aryl methyl sites for hydroxylation is 1. The van der Waals surface area contributed by atoms with E-state index in [1.54, 1.807) is 36.4 Å². The number of allylic oxidation sites excluding steroid dienone is 1. The van der Waals surface area contributed by atoms with Gasteiger partial charge in [0.15, 0.2) is 6.73 Å². The van der Waals surface area contributed by atoms with Crippen molar-refractivity contribution in [2.75, 3.05) is 13.3 Å². The van der Waals surface area contributed by atoms with Gasteiger partial charge in [0.05, 0.1) is 15.4 Å². The third kappa shape index (κ3) is 11.5. The largest absolute Gasteiger partial charge is 1.00 e. The first-order valence-electron chi connectivity index (χ1n) is 13.1. The number of phenols is 1. The van der Waals surface area contributed by atoms with Crippen LogP contribution in [0.2, 0.25) is 0 Å². The molecule has 2 aromatic carbocycles. The number of benzene rings is 2. The SMILES string of the molecule is CCCCCOC(C=CCC(CCc1ccc2c(c1)CC#CN=C(N)NCO2)S(=O)(=O)[O-])c1ccc(O)cc1.[Na+]. The molecule has 0 aromatic heterocycles. The minimum Gasteiger partial charge on any atom is -0.748 e. The van der Waals surface area contributed by atoms with Crippen molar-refractivity contribution in [3.05, 3.63) is 71.3 Å². The normalized spacial score (nSPS) is 14.8. The van der Waals surface area contributed by atoms with Crippen molar-refractivity contribution in [2.24, 2.45) is 10.7 Å². The monoisotopic (exact) mass is 577 g/mol. The number of hydrogen-bond acceptors (Lipinski definition) is 9. The number of unbranched alkanes of at least 4 members (excludes halogenated alkanes) is 2. The summed E-state index contributed by atoms with van der Waals surface area (Å²) in [6, 6.07) is 14.9. The molecule has 2 atom stereocenters. The van der Waals surface area contributed by atoms with E-state index in [2.05, 4.69) is 29.2 Å². The maximum Gasteiger partial charge on any atom is 1.00 e. The van der Waals surface area contributed by atoms with Gasteiger partial charge in [0.2, 0.25) is 5.96 Å². The van der Waals surface area contributed by atoms with Crippen LogP contribution in [0.25, 0.3) is 0 Å². The van der Waals surface area contributed by atoms with Crippen molar-refractivity contribution < 1.29 is 57.1 Å². The van der Waals surface area contributed by atoms with Crippen molar-refractivity contribution in [3.8, 4) is 23.5 Å². The van der Waals surface area contributed by atoms with Crippen molar-refractivity contribution in [2.45, 2.75) is 63.2 Å². The molecule has 2 aromatic rings. The van der Waals surface area contributed by atoms with Gasteiger partial charge in [-0.25, -0.2) is 8.42 Å². The molecule has 40 heavy (non-hydrogen) atoms. The summed E-state index contributed by atoms with van der Waals surface area (Å²) in [6.07, 6.45) is 7.14. The first kappa shape index (κ1) is 33.7. The van der Waals surface area contributed by atoms with Crippen molar-refractivity contribution in [1.82, 2.24) is 5.32 Å². The molecule has 3 rings (SSSR count). The Kier molecular flexibility index (Phi) is 14.6. The molecule has 0 bridgehead atoms. The van der Waals surface area contributed by atoms with Gasteiger partial charge in [-0.3, -0.25) is 0 Å². The zero-order chi connectivity index (χ0) is 28.1. The Morgan fingerprint density at radius 3 is 2.75 bits per heavy atom. The number of rotatable bonds is 13. The zero-order valence-corrected chi connectivity index (χ0v) is 26.0. The Morgan fingerprint density at radius 2 is 2.02 bits per heavy atom. The molecule has 1 aliphatic rings. The minimum absolute atomic E-state index is 0. The number of aliphatic imine (C=N–C) groups is 1. The van der Waals surface area contributed by atoms with E-state index in [1.165, 1.54) is 0 Å². The maximum atomic E-state index is 12.1. The van der Waals surface area contributed by atoms with E-state index in [-0.39, 0.29) is 60.8 Å². The van der Waals surface area contributed by atoms with Crippen LogP contribution in [0.1, 0.15) is 61.8 Å². The second-order valence-corrected chi connectivity index (χ2v) is 10.9. The van der Waals surface area contributed by atoms with Crippen LogP contribution in [0.5, 0.6) is 11.5 Å². The smallest absolute Gasteiger partial charge is 0.748 e. The van der Waals surface area contributed by atoms with Gasteiger partial charge in [-0.05, 0) is 55.0 Å². The van der Waals surface area contributed by atoms with Crippen molar-refractivity contribution in [1.29, 1.82) is 0 Å². The number of nitrogens with zero attached hydrogens (tertiary/aromatic N) is 1.